The molecular weight excluding hydrogens is 280 g/mol. The fraction of sp³-hybridized carbons (Fsp3) is 0.278. The summed E-state index contributed by atoms with van der Waals surface area (Å²) in [5, 5.41) is 4.24. The second-order valence-corrected chi connectivity index (χ2v) is 6.08. The molecule has 1 heterocycles. The van der Waals surface area contributed by atoms with E-state index in [2.05, 4.69) is 16.8 Å². The molecule has 2 nitrogen and oxygen atoms in total. The van der Waals surface area contributed by atoms with Gasteiger partial charge in [-0.15, -0.1) is 0 Å². The van der Waals surface area contributed by atoms with Crippen LogP contribution in [-0.2, 0) is 4.79 Å². The molecule has 0 radical (unpaired) electrons. The lowest BCUT2D eigenvalue weighted by Gasteiger charge is -2.24. The first kappa shape index (κ1) is 14.1. The van der Waals surface area contributed by atoms with Crippen LogP contribution in [0.3, 0.4) is 0 Å². The largest absolute Gasteiger partial charge is 0.497 e. The molecule has 1 aliphatic rings. The second kappa shape index (κ2) is 6.27. The van der Waals surface area contributed by atoms with Crippen molar-refractivity contribution >= 4 is 23.2 Å². The molecule has 1 atom stereocenters. The maximum atomic E-state index is 12.4. The molecule has 108 valence electrons. The number of allylic oxidation sites excluding steroid dienone is 1. The van der Waals surface area contributed by atoms with Gasteiger partial charge in [0, 0.05) is 17.9 Å². The first-order valence-electron chi connectivity index (χ1n) is 7.19. The Morgan fingerprint density at radius 1 is 1.33 bits per heavy atom. The molecule has 1 aliphatic carbocycles. The SMILES string of the molecule is COc1cccc(C=C2C(=O)CCCC2c2ccsc2)c1. The summed E-state index contributed by atoms with van der Waals surface area (Å²) >= 11 is 1.69. The van der Waals surface area contributed by atoms with Crippen molar-refractivity contribution in [3.8, 4) is 5.75 Å². The first-order chi connectivity index (χ1) is 10.3. The van der Waals surface area contributed by atoms with Crippen molar-refractivity contribution in [3.63, 3.8) is 0 Å². The normalized spacial score (nSPS) is 20.7. The molecule has 21 heavy (non-hydrogen) atoms. The van der Waals surface area contributed by atoms with E-state index in [9.17, 15) is 4.79 Å². The Hall–Kier alpha value is -1.87. The zero-order valence-electron chi connectivity index (χ0n) is 12.0. The zero-order valence-corrected chi connectivity index (χ0v) is 12.9. The van der Waals surface area contributed by atoms with Crippen LogP contribution in [0.1, 0.15) is 36.3 Å². The first-order valence-corrected chi connectivity index (χ1v) is 8.13. The summed E-state index contributed by atoms with van der Waals surface area (Å²) in [6.45, 7) is 0. The highest BCUT2D eigenvalue weighted by Crippen LogP contribution is 2.37. The zero-order chi connectivity index (χ0) is 14.7. The van der Waals surface area contributed by atoms with Crippen LogP contribution in [0, 0.1) is 0 Å². The number of ketones is 1. The van der Waals surface area contributed by atoms with Gasteiger partial charge in [-0.25, -0.2) is 0 Å². The monoisotopic (exact) mass is 298 g/mol. The van der Waals surface area contributed by atoms with Gasteiger partial charge in [-0.2, -0.15) is 11.3 Å². The average Bonchev–Trinajstić information content (AvgIpc) is 3.04. The van der Waals surface area contributed by atoms with E-state index in [1.54, 1.807) is 18.4 Å². The van der Waals surface area contributed by atoms with Crippen LogP contribution >= 0.6 is 11.3 Å². The van der Waals surface area contributed by atoms with E-state index in [4.69, 9.17) is 4.74 Å². The van der Waals surface area contributed by atoms with Gasteiger partial charge in [-0.3, -0.25) is 4.79 Å². The quantitative estimate of drug-likeness (QED) is 0.769. The molecule has 1 aromatic heterocycles. The third kappa shape index (κ3) is 3.08. The minimum absolute atomic E-state index is 0.240. The van der Waals surface area contributed by atoms with Crippen LogP contribution in [0.5, 0.6) is 5.75 Å². The number of hydrogen-bond acceptors (Lipinski definition) is 3. The number of ether oxygens (including phenoxy) is 1. The fourth-order valence-corrected chi connectivity index (χ4v) is 3.59. The molecule has 0 saturated heterocycles. The third-order valence-electron chi connectivity index (χ3n) is 3.96. The van der Waals surface area contributed by atoms with Crippen molar-refractivity contribution in [3.05, 3.63) is 57.8 Å². The Morgan fingerprint density at radius 2 is 2.24 bits per heavy atom. The molecule has 1 saturated carbocycles. The Kier molecular flexibility index (Phi) is 4.20. The van der Waals surface area contributed by atoms with Gasteiger partial charge in [0.2, 0.25) is 0 Å². The summed E-state index contributed by atoms with van der Waals surface area (Å²) in [6, 6.07) is 9.99. The lowest BCUT2D eigenvalue weighted by atomic mass is 9.79. The number of carbonyl (C=O) groups is 1. The summed E-state index contributed by atoms with van der Waals surface area (Å²) in [5.41, 5.74) is 3.23. The standard InChI is InChI=1S/C18H18O2S/c1-20-15-5-2-4-13(10-15)11-17-16(6-3-7-18(17)19)14-8-9-21-12-14/h2,4-5,8-12,16H,3,6-7H2,1H3. The van der Waals surface area contributed by atoms with Crippen LogP contribution in [0.15, 0.2) is 46.7 Å². The van der Waals surface area contributed by atoms with Gasteiger partial charge in [0.1, 0.15) is 5.75 Å². The van der Waals surface area contributed by atoms with E-state index in [1.807, 2.05) is 30.3 Å². The number of thiophene rings is 1. The van der Waals surface area contributed by atoms with Crippen LogP contribution in [0.25, 0.3) is 6.08 Å². The summed E-state index contributed by atoms with van der Waals surface area (Å²) < 4.78 is 5.26. The lowest BCUT2D eigenvalue weighted by Crippen LogP contribution is -2.17. The van der Waals surface area contributed by atoms with E-state index < -0.39 is 0 Å². The van der Waals surface area contributed by atoms with E-state index >= 15 is 0 Å². The van der Waals surface area contributed by atoms with Crippen molar-refractivity contribution in [2.45, 2.75) is 25.2 Å². The summed E-state index contributed by atoms with van der Waals surface area (Å²) in [6.07, 6.45) is 4.73. The number of methoxy groups -OCH3 is 1. The van der Waals surface area contributed by atoms with Crippen molar-refractivity contribution in [1.29, 1.82) is 0 Å². The van der Waals surface area contributed by atoms with E-state index in [1.165, 1.54) is 5.56 Å². The number of rotatable bonds is 3. The van der Waals surface area contributed by atoms with Gasteiger partial charge >= 0.3 is 0 Å². The molecule has 3 rings (SSSR count). The maximum absolute atomic E-state index is 12.4. The number of Topliss-reactive ketones (excluding diaryl/α,β-unsaturated/α-hetero) is 1. The Morgan fingerprint density at radius 3 is 3.00 bits per heavy atom. The van der Waals surface area contributed by atoms with Crippen molar-refractivity contribution in [2.24, 2.45) is 0 Å². The van der Waals surface area contributed by atoms with E-state index in [-0.39, 0.29) is 11.7 Å². The molecule has 1 aromatic carbocycles. The molecular formula is C18H18O2S. The number of benzene rings is 1. The van der Waals surface area contributed by atoms with Crippen LogP contribution in [-0.4, -0.2) is 12.9 Å². The number of hydrogen-bond donors (Lipinski definition) is 0. The molecule has 0 spiro atoms. The predicted octanol–water partition coefficient (Wildman–Crippen LogP) is 4.68. The van der Waals surface area contributed by atoms with Crippen LogP contribution in [0.2, 0.25) is 0 Å². The minimum atomic E-state index is 0.240. The van der Waals surface area contributed by atoms with Gasteiger partial charge in [-0.05, 0) is 59.0 Å². The van der Waals surface area contributed by atoms with E-state index in [0.717, 1.165) is 29.7 Å². The van der Waals surface area contributed by atoms with Gasteiger partial charge in [-0.1, -0.05) is 12.1 Å². The molecule has 1 fully saturated rings. The fourth-order valence-electron chi connectivity index (χ4n) is 2.87. The maximum Gasteiger partial charge on any atom is 0.159 e. The summed E-state index contributed by atoms with van der Waals surface area (Å²) in [7, 11) is 1.66. The van der Waals surface area contributed by atoms with Crippen molar-refractivity contribution in [1.82, 2.24) is 0 Å². The second-order valence-electron chi connectivity index (χ2n) is 5.30. The number of carbonyl (C=O) groups excluding carboxylic acids is 1. The van der Waals surface area contributed by atoms with Crippen LogP contribution in [0.4, 0.5) is 0 Å². The molecule has 2 aromatic rings. The molecule has 0 N–H and O–H groups in total. The predicted molar refractivity (Wildman–Crippen MR) is 86.9 cm³/mol. The molecule has 0 aliphatic heterocycles. The third-order valence-corrected chi connectivity index (χ3v) is 4.66. The Balaban J connectivity index is 1.98. The van der Waals surface area contributed by atoms with Gasteiger partial charge < -0.3 is 4.74 Å². The lowest BCUT2D eigenvalue weighted by molar-refractivity contribution is -0.116. The van der Waals surface area contributed by atoms with Gasteiger partial charge in [0.15, 0.2) is 5.78 Å². The van der Waals surface area contributed by atoms with E-state index in [0.29, 0.717) is 6.42 Å². The molecule has 1 unspecified atom stereocenters. The Bertz CT molecular complexity index is 656. The van der Waals surface area contributed by atoms with Crippen molar-refractivity contribution < 1.29 is 9.53 Å². The summed E-state index contributed by atoms with van der Waals surface area (Å²) in [5.74, 6) is 1.34. The smallest absolute Gasteiger partial charge is 0.159 e. The Labute approximate surface area is 129 Å². The summed E-state index contributed by atoms with van der Waals surface area (Å²) in [4.78, 5) is 12.4. The van der Waals surface area contributed by atoms with Gasteiger partial charge in [0.25, 0.3) is 0 Å². The van der Waals surface area contributed by atoms with Crippen molar-refractivity contribution in [2.75, 3.05) is 7.11 Å². The topological polar surface area (TPSA) is 26.3 Å². The molecule has 0 amide bonds. The highest BCUT2D eigenvalue weighted by molar-refractivity contribution is 7.08. The van der Waals surface area contributed by atoms with Gasteiger partial charge in [0.05, 0.1) is 7.11 Å². The highest BCUT2D eigenvalue weighted by atomic mass is 32.1. The minimum Gasteiger partial charge on any atom is -0.497 e. The molecule has 3 heteroatoms. The highest BCUT2D eigenvalue weighted by Gasteiger charge is 2.27. The average molecular weight is 298 g/mol. The molecule has 0 bridgehead atoms. The van der Waals surface area contributed by atoms with Crippen LogP contribution < -0.4 is 4.74 Å².